The highest BCUT2D eigenvalue weighted by atomic mass is 35.5. The fourth-order valence-electron chi connectivity index (χ4n) is 1.12. The molecule has 8 heteroatoms. The molecule has 0 spiro atoms. The van der Waals surface area contributed by atoms with Crippen molar-refractivity contribution < 1.29 is 23.8 Å². The van der Waals surface area contributed by atoms with Crippen LogP contribution in [0, 0.1) is 0 Å². The summed E-state index contributed by atoms with van der Waals surface area (Å²) in [5.41, 5.74) is -1.15. The molecule has 0 saturated heterocycles. The minimum atomic E-state index is -1.09. The van der Waals surface area contributed by atoms with Gasteiger partial charge >= 0.3 is 11.4 Å². The van der Waals surface area contributed by atoms with Gasteiger partial charge in [0.1, 0.15) is 5.56 Å². The Kier molecular flexibility index (Phi) is 5.53. The van der Waals surface area contributed by atoms with Crippen LogP contribution in [0.2, 0.25) is 10.0 Å². The van der Waals surface area contributed by atoms with Crippen LogP contribution in [0.15, 0.2) is 12.1 Å². The molecule has 1 rings (SSSR count). The zero-order valence-electron chi connectivity index (χ0n) is 9.04. The number of halogens is 3. The zero-order valence-corrected chi connectivity index (χ0v) is 11.3. The summed E-state index contributed by atoms with van der Waals surface area (Å²) >= 11 is 16.6. The summed E-state index contributed by atoms with van der Waals surface area (Å²) in [6.07, 6.45) is 0. The number of carbonyl (C=O) groups excluding carboxylic acids is 2. The maximum absolute atomic E-state index is 11.7. The third kappa shape index (κ3) is 3.66. The summed E-state index contributed by atoms with van der Waals surface area (Å²) < 4.78 is 13.8. The molecule has 0 heterocycles. The van der Waals surface area contributed by atoms with Crippen molar-refractivity contribution in [2.45, 2.75) is 0 Å². The van der Waals surface area contributed by atoms with Crippen LogP contribution >= 0.6 is 34.8 Å². The van der Waals surface area contributed by atoms with Crippen molar-refractivity contribution >= 4 is 46.2 Å². The number of rotatable bonds is 4. The topological polar surface area (TPSA) is 61.8 Å². The molecular formula is C10H7Cl3O5. The summed E-state index contributed by atoms with van der Waals surface area (Å²) in [4.78, 5) is 22.0. The van der Waals surface area contributed by atoms with Gasteiger partial charge in [0.2, 0.25) is 6.79 Å². The van der Waals surface area contributed by atoms with E-state index < -0.39 is 18.2 Å². The standard InChI is InChI=1S/C10H7Cl3O5/c1-16-8-6(12)3-2-5(11)7(8)9(14)17-4-18-10(13)15/h2-3H,4H2,1H3. The van der Waals surface area contributed by atoms with Crippen LogP contribution in [0.3, 0.4) is 0 Å². The molecule has 1 aromatic carbocycles. The minimum absolute atomic E-state index is 0.0581. The fourth-order valence-corrected chi connectivity index (χ4v) is 1.63. The summed E-state index contributed by atoms with van der Waals surface area (Å²) in [5, 5.41) is 0.293. The van der Waals surface area contributed by atoms with E-state index in [4.69, 9.17) is 39.5 Å². The lowest BCUT2D eigenvalue weighted by Gasteiger charge is -2.11. The lowest BCUT2D eigenvalue weighted by atomic mass is 10.2. The molecule has 0 bridgehead atoms. The van der Waals surface area contributed by atoms with Gasteiger partial charge in [-0.05, 0) is 12.1 Å². The van der Waals surface area contributed by atoms with Gasteiger partial charge in [0.05, 0.1) is 17.2 Å². The molecule has 98 valence electrons. The predicted octanol–water partition coefficient (Wildman–Crippen LogP) is 3.49. The summed E-state index contributed by atoms with van der Waals surface area (Å²) in [5.74, 6) is -0.774. The van der Waals surface area contributed by atoms with Gasteiger partial charge in [-0.25, -0.2) is 9.59 Å². The van der Waals surface area contributed by atoms with Gasteiger partial charge in [-0.15, -0.1) is 0 Å². The average Bonchev–Trinajstić information content (AvgIpc) is 2.30. The number of hydrogen-bond acceptors (Lipinski definition) is 5. The average molecular weight is 314 g/mol. The van der Waals surface area contributed by atoms with E-state index in [1.807, 2.05) is 0 Å². The molecule has 0 radical (unpaired) electrons. The van der Waals surface area contributed by atoms with E-state index in [0.717, 1.165) is 0 Å². The Labute approximate surface area is 117 Å². The first-order valence-electron chi connectivity index (χ1n) is 4.48. The number of methoxy groups -OCH3 is 1. The quantitative estimate of drug-likeness (QED) is 0.484. The van der Waals surface area contributed by atoms with Gasteiger partial charge in [-0.1, -0.05) is 23.2 Å². The number of carbonyl (C=O) groups is 2. The normalized spacial score (nSPS) is 9.78. The van der Waals surface area contributed by atoms with Crippen molar-refractivity contribution in [1.82, 2.24) is 0 Å². The number of benzene rings is 1. The Bertz CT molecular complexity index is 475. The summed E-state index contributed by atoms with van der Waals surface area (Å²) in [6, 6.07) is 2.88. The van der Waals surface area contributed by atoms with E-state index in [0.29, 0.717) is 0 Å². The number of ether oxygens (including phenoxy) is 3. The van der Waals surface area contributed by atoms with Gasteiger partial charge in [0, 0.05) is 11.6 Å². The van der Waals surface area contributed by atoms with Crippen LogP contribution in [0.5, 0.6) is 5.75 Å². The highest BCUT2D eigenvalue weighted by Gasteiger charge is 2.21. The lowest BCUT2D eigenvalue weighted by molar-refractivity contribution is 0.00350. The van der Waals surface area contributed by atoms with Crippen LogP contribution < -0.4 is 4.74 Å². The number of hydrogen-bond donors (Lipinski definition) is 0. The van der Waals surface area contributed by atoms with Crippen molar-refractivity contribution in [3.8, 4) is 5.75 Å². The van der Waals surface area contributed by atoms with Crippen molar-refractivity contribution in [2.24, 2.45) is 0 Å². The Morgan fingerprint density at radius 3 is 2.33 bits per heavy atom. The summed E-state index contributed by atoms with van der Waals surface area (Å²) in [6.45, 7) is -0.632. The van der Waals surface area contributed by atoms with Crippen molar-refractivity contribution in [3.63, 3.8) is 0 Å². The van der Waals surface area contributed by atoms with Gasteiger partial charge in [0.25, 0.3) is 0 Å². The second kappa shape index (κ2) is 6.68. The molecule has 0 N–H and O–H groups in total. The smallest absolute Gasteiger partial charge is 0.406 e. The molecule has 0 saturated carbocycles. The van der Waals surface area contributed by atoms with Crippen molar-refractivity contribution in [3.05, 3.63) is 27.7 Å². The second-order valence-corrected chi connectivity index (χ2v) is 3.99. The Hall–Kier alpha value is -1.17. The first-order valence-corrected chi connectivity index (χ1v) is 5.62. The monoisotopic (exact) mass is 312 g/mol. The van der Waals surface area contributed by atoms with Crippen molar-refractivity contribution in [2.75, 3.05) is 13.9 Å². The van der Waals surface area contributed by atoms with Crippen molar-refractivity contribution in [1.29, 1.82) is 0 Å². The molecular weight excluding hydrogens is 306 g/mol. The van der Waals surface area contributed by atoms with E-state index in [1.165, 1.54) is 19.2 Å². The maximum Gasteiger partial charge on any atom is 0.406 e. The molecule has 1 aromatic rings. The van der Waals surface area contributed by atoms with E-state index in [1.54, 1.807) is 0 Å². The molecule has 5 nitrogen and oxygen atoms in total. The maximum atomic E-state index is 11.7. The van der Waals surface area contributed by atoms with Gasteiger partial charge < -0.3 is 14.2 Å². The molecule has 0 amide bonds. The largest absolute Gasteiger partial charge is 0.494 e. The van der Waals surface area contributed by atoms with Gasteiger partial charge in [-0.2, -0.15) is 0 Å². The fraction of sp³-hybridized carbons (Fsp3) is 0.200. The molecule has 0 atom stereocenters. The van der Waals surface area contributed by atoms with Crippen LogP contribution in [0.4, 0.5) is 4.79 Å². The zero-order chi connectivity index (χ0) is 13.7. The Morgan fingerprint density at radius 1 is 1.17 bits per heavy atom. The molecule has 0 aromatic heterocycles. The van der Waals surface area contributed by atoms with Crippen LogP contribution in [-0.2, 0) is 9.47 Å². The summed E-state index contributed by atoms with van der Waals surface area (Å²) in [7, 11) is 1.33. The Balaban J connectivity index is 2.91. The van der Waals surface area contributed by atoms with Crippen LogP contribution in [0.25, 0.3) is 0 Å². The highest BCUT2D eigenvalue weighted by Crippen LogP contribution is 2.34. The third-order valence-electron chi connectivity index (χ3n) is 1.83. The van der Waals surface area contributed by atoms with Crippen LogP contribution in [-0.4, -0.2) is 25.3 Å². The molecule has 0 fully saturated rings. The first kappa shape index (κ1) is 14.9. The van der Waals surface area contributed by atoms with Gasteiger partial charge in [0.15, 0.2) is 5.75 Å². The van der Waals surface area contributed by atoms with E-state index in [9.17, 15) is 9.59 Å². The molecule has 0 aliphatic heterocycles. The first-order chi connectivity index (χ1) is 8.47. The van der Waals surface area contributed by atoms with Gasteiger partial charge in [-0.3, -0.25) is 0 Å². The Morgan fingerprint density at radius 2 is 1.78 bits per heavy atom. The molecule has 0 aliphatic carbocycles. The highest BCUT2D eigenvalue weighted by molar-refractivity contribution is 6.61. The lowest BCUT2D eigenvalue weighted by Crippen LogP contribution is -2.11. The van der Waals surface area contributed by atoms with E-state index in [2.05, 4.69) is 9.47 Å². The minimum Gasteiger partial charge on any atom is -0.494 e. The third-order valence-corrected chi connectivity index (χ3v) is 2.55. The van der Waals surface area contributed by atoms with E-state index >= 15 is 0 Å². The van der Waals surface area contributed by atoms with E-state index in [-0.39, 0.29) is 21.4 Å². The molecule has 0 aliphatic rings. The number of esters is 1. The SMILES string of the molecule is COc1c(Cl)ccc(Cl)c1C(=O)OCOC(=O)Cl. The predicted molar refractivity (Wildman–Crippen MR) is 65.6 cm³/mol. The molecule has 18 heavy (non-hydrogen) atoms. The van der Waals surface area contributed by atoms with Crippen LogP contribution in [0.1, 0.15) is 10.4 Å². The molecule has 0 unspecified atom stereocenters. The second-order valence-electron chi connectivity index (χ2n) is 2.87.